The summed E-state index contributed by atoms with van der Waals surface area (Å²) < 4.78 is 0. The number of aromatic nitrogens is 1. The van der Waals surface area contributed by atoms with E-state index >= 15 is 0 Å². The van der Waals surface area contributed by atoms with Crippen molar-refractivity contribution in [1.82, 2.24) is 15.2 Å². The van der Waals surface area contributed by atoms with Gasteiger partial charge in [0.2, 0.25) is 0 Å². The van der Waals surface area contributed by atoms with Crippen LogP contribution in [0.4, 0.5) is 10.6 Å². The first-order chi connectivity index (χ1) is 12.0. The van der Waals surface area contributed by atoms with Crippen LogP contribution in [0.25, 0.3) is 10.8 Å². The third-order valence-corrected chi connectivity index (χ3v) is 5.93. The van der Waals surface area contributed by atoms with Crippen LogP contribution in [-0.2, 0) is 0 Å². The molecule has 0 spiro atoms. The number of hydrogen-bond acceptors (Lipinski definition) is 3. The van der Waals surface area contributed by atoms with Gasteiger partial charge in [-0.3, -0.25) is 5.32 Å². The van der Waals surface area contributed by atoms with Gasteiger partial charge in [-0.05, 0) is 50.2 Å². The summed E-state index contributed by atoms with van der Waals surface area (Å²) in [5, 5.41) is 8.12. The number of pyridine rings is 1. The number of carbonyl (C=O) groups is 1. The quantitative estimate of drug-likeness (QED) is 0.902. The van der Waals surface area contributed by atoms with E-state index in [1.165, 1.54) is 31.5 Å². The standard InChI is InChI=1S/C20H26N4O/c1-14-3-4-15-11-21-18(10-16(15)9-14)23-19(25)22-12-20(2)13-24-7-5-17(20)6-8-24/h3-4,9-11,17H,5-8,12-13H2,1-2H3,(H2,21,22,23,25)/t20-/m1/s1. The van der Waals surface area contributed by atoms with Gasteiger partial charge in [0, 0.05) is 30.1 Å². The van der Waals surface area contributed by atoms with Gasteiger partial charge >= 0.3 is 6.03 Å². The van der Waals surface area contributed by atoms with Crippen LogP contribution < -0.4 is 10.6 Å². The van der Waals surface area contributed by atoms with Crippen LogP contribution in [0.15, 0.2) is 30.5 Å². The minimum absolute atomic E-state index is 0.169. The lowest BCUT2D eigenvalue weighted by atomic mass is 9.68. The Morgan fingerprint density at radius 2 is 2.08 bits per heavy atom. The van der Waals surface area contributed by atoms with Crippen molar-refractivity contribution < 1.29 is 4.79 Å². The molecule has 1 aromatic heterocycles. The lowest BCUT2D eigenvalue weighted by Gasteiger charge is -2.51. The number of rotatable bonds is 3. The third kappa shape index (κ3) is 3.33. The highest BCUT2D eigenvalue weighted by molar-refractivity contribution is 5.91. The Kier molecular flexibility index (Phi) is 4.12. The molecule has 2 amide bonds. The second kappa shape index (κ2) is 6.30. The second-order valence-corrected chi connectivity index (χ2v) is 7.93. The summed E-state index contributed by atoms with van der Waals surface area (Å²) >= 11 is 0. The van der Waals surface area contributed by atoms with E-state index < -0.39 is 0 Å². The zero-order valence-corrected chi connectivity index (χ0v) is 15.0. The predicted molar refractivity (Wildman–Crippen MR) is 101 cm³/mol. The summed E-state index contributed by atoms with van der Waals surface area (Å²) in [5.74, 6) is 1.31. The van der Waals surface area contributed by atoms with Crippen molar-refractivity contribution in [1.29, 1.82) is 0 Å². The number of amides is 2. The molecule has 3 saturated heterocycles. The first-order valence-electron chi connectivity index (χ1n) is 9.15. The summed E-state index contributed by atoms with van der Waals surface area (Å²) in [6.45, 7) is 8.60. The Bertz CT molecular complexity index is 797. The van der Waals surface area contributed by atoms with Gasteiger partial charge in [-0.15, -0.1) is 0 Å². The van der Waals surface area contributed by atoms with E-state index in [4.69, 9.17) is 0 Å². The predicted octanol–water partition coefficient (Wildman–Crippen LogP) is 3.40. The average Bonchev–Trinajstić information content (AvgIpc) is 2.60. The van der Waals surface area contributed by atoms with Gasteiger partial charge in [0.25, 0.3) is 0 Å². The van der Waals surface area contributed by atoms with Gasteiger partial charge in [-0.2, -0.15) is 0 Å². The van der Waals surface area contributed by atoms with Crippen molar-refractivity contribution in [2.75, 3.05) is 31.5 Å². The van der Waals surface area contributed by atoms with E-state index in [0.29, 0.717) is 12.4 Å². The molecule has 0 unspecified atom stereocenters. The zero-order valence-electron chi connectivity index (χ0n) is 15.0. The lowest BCUT2D eigenvalue weighted by molar-refractivity contribution is -0.0140. The average molecular weight is 338 g/mol. The molecule has 0 radical (unpaired) electrons. The summed E-state index contributed by atoms with van der Waals surface area (Å²) in [6, 6.07) is 7.98. The summed E-state index contributed by atoms with van der Waals surface area (Å²) in [4.78, 5) is 19.2. The SMILES string of the molecule is Cc1ccc2cnc(NC(=O)NC[C@]3(C)CN4CCC3CC4)cc2c1. The van der Waals surface area contributed by atoms with E-state index in [9.17, 15) is 4.79 Å². The summed E-state index contributed by atoms with van der Waals surface area (Å²) in [6.07, 6.45) is 4.32. The molecule has 1 aromatic carbocycles. The van der Waals surface area contributed by atoms with Crippen molar-refractivity contribution in [3.05, 3.63) is 36.0 Å². The highest BCUT2D eigenvalue weighted by atomic mass is 16.2. The zero-order chi connectivity index (χ0) is 17.4. The molecule has 4 heterocycles. The van der Waals surface area contributed by atoms with Crippen molar-refractivity contribution >= 4 is 22.6 Å². The van der Waals surface area contributed by atoms with Gasteiger partial charge in [-0.1, -0.05) is 30.7 Å². The van der Waals surface area contributed by atoms with Gasteiger partial charge < -0.3 is 10.2 Å². The summed E-state index contributed by atoms with van der Waals surface area (Å²) in [7, 11) is 0. The molecule has 0 saturated carbocycles. The molecule has 0 aliphatic carbocycles. The molecule has 2 N–H and O–H groups in total. The number of nitrogens with zero attached hydrogens (tertiary/aromatic N) is 2. The Labute approximate surface area is 148 Å². The topological polar surface area (TPSA) is 57.3 Å². The molecule has 5 heteroatoms. The van der Waals surface area contributed by atoms with Crippen LogP contribution in [0, 0.1) is 18.3 Å². The van der Waals surface area contributed by atoms with E-state index in [1.807, 2.05) is 6.07 Å². The summed E-state index contributed by atoms with van der Waals surface area (Å²) in [5.41, 5.74) is 1.38. The fraction of sp³-hybridized carbons (Fsp3) is 0.500. The fourth-order valence-electron chi connectivity index (χ4n) is 4.40. The molecular formula is C20H26N4O. The number of fused-ring (bicyclic) bond motifs is 4. The van der Waals surface area contributed by atoms with E-state index in [1.54, 1.807) is 6.20 Å². The highest BCUT2D eigenvalue weighted by Crippen LogP contribution is 2.41. The molecule has 132 valence electrons. The number of urea groups is 1. The molecule has 25 heavy (non-hydrogen) atoms. The third-order valence-electron chi connectivity index (χ3n) is 5.93. The first-order valence-corrected chi connectivity index (χ1v) is 9.15. The Morgan fingerprint density at radius 1 is 1.28 bits per heavy atom. The normalized spacial score (nSPS) is 28.1. The first kappa shape index (κ1) is 16.3. The van der Waals surface area contributed by atoms with Crippen LogP contribution in [-0.4, -0.2) is 42.1 Å². The Balaban J connectivity index is 1.39. The minimum atomic E-state index is -0.169. The number of carbonyl (C=O) groups excluding carboxylic acids is 1. The number of piperidine rings is 3. The van der Waals surface area contributed by atoms with Crippen LogP contribution >= 0.6 is 0 Å². The number of aryl methyl sites for hydroxylation is 1. The molecule has 3 aliphatic rings. The number of anilines is 1. The molecule has 2 aromatic rings. The molecule has 5 rings (SSSR count). The maximum atomic E-state index is 12.3. The molecular weight excluding hydrogens is 312 g/mol. The molecule has 3 aliphatic heterocycles. The van der Waals surface area contributed by atoms with Crippen molar-refractivity contribution in [2.45, 2.75) is 26.7 Å². The number of hydrogen-bond donors (Lipinski definition) is 2. The Hall–Kier alpha value is -2.14. The largest absolute Gasteiger partial charge is 0.337 e. The second-order valence-electron chi connectivity index (χ2n) is 7.93. The monoisotopic (exact) mass is 338 g/mol. The fourth-order valence-corrected chi connectivity index (χ4v) is 4.40. The van der Waals surface area contributed by atoms with Gasteiger partial charge in [0.1, 0.15) is 5.82 Å². The smallest absolute Gasteiger partial charge is 0.320 e. The molecule has 2 bridgehead atoms. The van der Waals surface area contributed by atoms with Gasteiger partial charge in [0.05, 0.1) is 0 Å². The van der Waals surface area contributed by atoms with Crippen molar-refractivity contribution in [3.63, 3.8) is 0 Å². The van der Waals surface area contributed by atoms with E-state index in [-0.39, 0.29) is 11.4 Å². The maximum Gasteiger partial charge on any atom is 0.320 e. The lowest BCUT2D eigenvalue weighted by Crippen LogP contribution is -2.57. The molecule has 3 fully saturated rings. The number of benzene rings is 1. The number of nitrogens with one attached hydrogen (secondary N) is 2. The maximum absolute atomic E-state index is 12.3. The minimum Gasteiger partial charge on any atom is -0.337 e. The van der Waals surface area contributed by atoms with E-state index in [2.05, 4.69) is 52.6 Å². The Morgan fingerprint density at radius 3 is 2.80 bits per heavy atom. The van der Waals surface area contributed by atoms with Crippen LogP contribution in [0.2, 0.25) is 0 Å². The molecule has 5 nitrogen and oxygen atoms in total. The highest BCUT2D eigenvalue weighted by Gasteiger charge is 2.43. The van der Waals surface area contributed by atoms with Crippen LogP contribution in [0.1, 0.15) is 25.3 Å². The van der Waals surface area contributed by atoms with Crippen LogP contribution in [0.3, 0.4) is 0 Å². The van der Waals surface area contributed by atoms with Crippen molar-refractivity contribution in [2.24, 2.45) is 11.3 Å². The van der Waals surface area contributed by atoms with Gasteiger partial charge in [-0.25, -0.2) is 9.78 Å². The molecule has 1 atom stereocenters. The van der Waals surface area contributed by atoms with Crippen molar-refractivity contribution in [3.8, 4) is 0 Å². The van der Waals surface area contributed by atoms with Gasteiger partial charge in [0.15, 0.2) is 0 Å². The van der Waals surface area contributed by atoms with E-state index in [0.717, 1.165) is 23.2 Å². The van der Waals surface area contributed by atoms with Crippen LogP contribution in [0.5, 0.6) is 0 Å².